The quantitative estimate of drug-likeness (QED) is 0.505. The highest BCUT2D eigenvalue weighted by Crippen LogP contribution is 2.33. The molecular weight excluding hydrogens is 391 g/mol. The minimum absolute atomic E-state index is 0.00701. The molecule has 0 aliphatic heterocycles. The minimum atomic E-state index is -0.477. The van der Waals surface area contributed by atoms with Gasteiger partial charge in [0.05, 0.1) is 4.88 Å². The maximum atomic E-state index is 14.2. The van der Waals surface area contributed by atoms with E-state index in [1.807, 2.05) is 26.0 Å². The number of halogens is 1. The Bertz CT molecular complexity index is 1170. The van der Waals surface area contributed by atoms with Crippen molar-refractivity contribution in [2.45, 2.75) is 26.8 Å². The first-order chi connectivity index (χ1) is 14.0. The summed E-state index contributed by atoms with van der Waals surface area (Å²) in [4.78, 5) is 22.0. The predicted molar refractivity (Wildman–Crippen MR) is 109 cm³/mol. The number of thiophene rings is 1. The van der Waals surface area contributed by atoms with Crippen LogP contribution in [0.2, 0.25) is 0 Å². The van der Waals surface area contributed by atoms with E-state index < -0.39 is 6.04 Å². The lowest BCUT2D eigenvalue weighted by atomic mass is 10.0. The van der Waals surface area contributed by atoms with Crippen LogP contribution in [0.5, 0.6) is 0 Å². The summed E-state index contributed by atoms with van der Waals surface area (Å²) < 4.78 is 20.3. The van der Waals surface area contributed by atoms with Crippen molar-refractivity contribution in [1.82, 2.24) is 20.4 Å². The number of carbonyl (C=O) groups excluding carboxylic acids is 1. The van der Waals surface area contributed by atoms with Crippen molar-refractivity contribution >= 4 is 27.3 Å². The molecule has 29 heavy (non-hydrogen) atoms. The summed E-state index contributed by atoms with van der Waals surface area (Å²) in [6, 6.07) is 8.00. The van der Waals surface area contributed by atoms with Gasteiger partial charge in [-0.05, 0) is 42.7 Å². The molecule has 0 fully saturated rings. The van der Waals surface area contributed by atoms with Gasteiger partial charge in [0.15, 0.2) is 0 Å². The normalized spacial score (nSPS) is 12.4. The molecule has 0 aliphatic rings. The second-order valence-corrected chi connectivity index (χ2v) is 8.11. The lowest BCUT2D eigenvalue weighted by molar-refractivity contribution is 0.0917. The lowest BCUT2D eigenvalue weighted by Crippen LogP contribution is -2.31. The Hall–Kier alpha value is -3.13. The third kappa shape index (κ3) is 3.63. The summed E-state index contributed by atoms with van der Waals surface area (Å²) in [6.07, 6.45) is 3.31. The zero-order valence-electron chi connectivity index (χ0n) is 16.1. The van der Waals surface area contributed by atoms with Gasteiger partial charge >= 0.3 is 0 Å². The zero-order chi connectivity index (χ0) is 20.5. The molecule has 8 heteroatoms. The number of aromatic nitrogens is 3. The van der Waals surface area contributed by atoms with Crippen LogP contribution in [0.25, 0.3) is 21.5 Å². The summed E-state index contributed by atoms with van der Waals surface area (Å²) in [6.45, 7) is 5.67. The average Bonchev–Trinajstić information content (AvgIpc) is 3.32. The molecule has 3 aromatic heterocycles. The van der Waals surface area contributed by atoms with Crippen LogP contribution in [0.1, 0.15) is 41.0 Å². The van der Waals surface area contributed by atoms with E-state index in [-0.39, 0.29) is 17.6 Å². The van der Waals surface area contributed by atoms with Crippen LogP contribution in [0.15, 0.2) is 47.2 Å². The molecule has 148 valence electrons. The van der Waals surface area contributed by atoms with Crippen molar-refractivity contribution in [3.8, 4) is 11.4 Å². The van der Waals surface area contributed by atoms with Crippen LogP contribution in [0.3, 0.4) is 0 Å². The van der Waals surface area contributed by atoms with E-state index in [1.165, 1.54) is 17.4 Å². The van der Waals surface area contributed by atoms with Crippen molar-refractivity contribution in [1.29, 1.82) is 0 Å². The molecule has 0 saturated carbocycles. The molecule has 1 N–H and O–H groups in total. The summed E-state index contributed by atoms with van der Waals surface area (Å²) in [7, 11) is 0. The third-order valence-electron chi connectivity index (χ3n) is 4.69. The van der Waals surface area contributed by atoms with Gasteiger partial charge in [0.2, 0.25) is 11.7 Å². The molecule has 1 aromatic carbocycles. The first kappa shape index (κ1) is 19.2. The number of hydrogen-bond acceptors (Lipinski definition) is 6. The molecule has 0 saturated heterocycles. The molecule has 1 unspecified atom stereocenters. The Labute approximate surface area is 170 Å². The number of fused-ring (bicyclic) bond motifs is 1. The molecule has 0 bridgehead atoms. The molecule has 0 radical (unpaired) electrons. The monoisotopic (exact) mass is 410 g/mol. The Morgan fingerprint density at radius 2 is 2.07 bits per heavy atom. The highest BCUT2D eigenvalue weighted by atomic mass is 32.1. The van der Waals surface area contributed by atoms with Gasteiger partial charge in [0, 0.05) is 28.0 Å². The van der Waals surface area contributed by atoms with E-state index in [0.717, 1.165) is 10.3 Å². The van der Waals surface area contributed by atoms with Crippen molar-refractivity contribution < 1.29 is 13.7 Å². The summed E-state index contributed by atoms with van der Waals surface area (Å²) in [5.74, 6) is 0.120. The highest BCUT2D eigenvalue weighted by molar-refractivity contribution is 7.21. The summed E-state index contributed by atoms with van der Waals surface area (Å²) in [5.41, 5.74) is 1.36. The summed E-state index contributed by atoms with van der Waals surface area (Å²) in [5, 5.41) is 7.47. The zero-order valence-corrected chi connectivity index (χ0v) is 17.0. The van der Waals surface area contributed by atoms with Gasteiger partial charge in [-0.1, -0.05) is 25.1 Å². The fourth-order valence-corrected chi connectivity index (χ4v) is 4.29. The molecule has 4 rings (SSSR count). The van der Waals surface area contributed by atoms with E-state index in [9.17, 15) is 9.18 Å². The van der Waals surface area contributed by atoms with Crippen molar-refractivity contribution in [3.05, 3.63) is 64.9 Å². The van der Waals surface area contributed by atoms with E-state index in [1.54, 1.807) is 31.5 Å². The fourth-order valence-electron chi connectivity index (χ4n) is 3.16. The predicted octanol–water partition coefficient (Wildman–Crippen LogP) is 4.92. The van der Waals surface area contributed by atoms with E-state index in [4.69, 9.17) is 4.52 Å². The molecule has 4 aromatic rings. The number of amides is 1. The molecule has 0 aliphatic carbocycles. The van der Waals surface area contributed by atoms with E-state index in [2.05, 4.69) is 20.4 Å². The van der Waals surface area contributed by atoms with Gasteiger partial charge in [-0.25, -0.2) is 4.39 Å². The third-order valence-corrected chi connectivity index (χ3v) is 5.95. The average molecular weight is 410 g/mol. The van der Waals surface area contributed by atoms with Crippen LogP contribution in [-0.2, 0) is 0 Å². The standard InChI is InChI=1S/C21H19FN4O2S/c1-11(2)17(21-25-19(26-28-21)13-6-5-9-23-10-13)24-20(27)18-12(3)16-14(22)7-4-8-15(16)29-18/h4-11,17H,1-3H3,(H,24,27). The number of rotatable bonds is 5. The van der Waals surface area contributed by atoms with Gasteiger partial charge in [0.1, 0.15) is 11.9 Å². The number of nitrogens with one attached hydrogen (secondary N) is 1. The number of carbonyl (C=O) groups is 1. The minimum Gasteiger partial charge on any atom is -0.339 e. The number of aryl methyl sites for hydroxylation is 1. The van der Waals surface area contributed by atoms with Crippen molar-refractivity contribution in [2.24, 2.45) is 5.92 Å². The molecule has 3 heterocycles. The maximum absolute atomic E-state index is 14.2. The van der Waals surface area contributed by atoms with Crippen molar-refractivity contribution in [2.75, 3.05) is 0 Å². The van der Waals surface area contributed by atoms with Crippen LogP contribution in [0.4, 0.5) is 4.39 Å². The van der Waals surface area contributed by atoms with E-state index in [0.29, 0.717) is 27.5 Å². The SMILES string of the molecule is Cc1c(C(=O)NC(c2nc(-c3cccnc3)no2)C(C)C)sc2cccc(F)c12. The van der Waals surface area contributed by atoms with Gasteiger partial charge < -0.3 is 9.84 Å². The van der Waals surface area contributed by atoms with Crippen molar-refractivity contribution in [3.63, 3.8) is 0 Å². The van der Waals surface area contributed by atoms with Crippen LogP contribution in [-0.4, -0.2) is 21.0 Å². The molecular formula is C21H19FN4O2S. The van der Waals surface area contributed by atoms with Crippen LogP contribution >= 0.6 is 11.3 Å². The number of hydrogen-bond donors (Lipinski definition) is 1. The van der Waals surface area contributed by atoms with Gasteiger partial charge in [-0.2, -0.15) is 4.98 Å². The first-order valence-electron chi connectivity index (χ1n) is 9.18. The molecule has 0 spiro atoms. The second-order valence-electron chi connectivity index (χ2n) is 7.06. The first-order valence-corrected chi connectivity index (χ1v) is 10.00. The van der Waals surface area contributed by atoms with E-state index >= 15 is 0 Å². The smallest absolute Gasteiger partial charge is 0.262 e. The largest absolute Gasteiger partial charge is 0.339 e. The highest BCUT2D eigenvalue weighted by Gasteiger charge is 2.27. The molecule has 1 amide bonds. The Kier molecular flexibility index (Phi) is 5.10. The lowest BCUT2D eigenvalue weighted by Gasteiger charge is -2.18. The molecule has 1 atom stereocenters. The molecule has 6 nitrogen and oxygen atoms in total. The van der Waals surface area contributed by atoms with Crippen LogP contribution < -0.4 is 5.32 Å². The van der Waals surface area contributed by atoms with Crippen LogP contribution in [0, 0.1) is 18.7 Å². The second kappa shape index (κ2) is 7.71. The fraction of sp³-hybridized carbons (Fsp3) is 0.238. The maximum Gasteiger partial charge on any atom is 0.262 e. The van der Waals surface area contributed by atoms with Gasteiger partial charge in [0.25, 0.3) is 5.91 Å². The number of pyridine rings is 1. The Morgan fingerprint density at radius 1 is 1.24 bits per heavy atom. The Balaban J connectivity index is 1.63. The Morgan fingerprint density at radius 3 is 2.76 bits per heavy atom. The van der Waals surface area contributed by atoms with Gasteiger partial charge in [-0.3, -0.25) is 9.78 Å². The number of benzene rings is 1. The summed E-state index contributed by atoms with van der Waals surface area (Å²) >= 11 is 1.27. The topological polar surface area (TPSA) is 80.9 Å². The van der Waals surface area contributed by atoms with Gasteiger partial charge in [-0.15, -0.1) is 11.3 Å². The number of nitrogens with zero attached hydrogens (tertiary/aromatic N) is 3.